The van der Waals surface area contributed by atoms with E-state index >= 15 is 0 Å². The molecule has 7 heteroatoms. The molecule has 3 aromatic rings. The highest BCUT2D eigenvalue weighted by Gasteiger charge is 2.34. The van der Waals surface area contributed by atoms with Crippen molar-refractivity contribution in [1.82, 2.24) is 5.32 Å². The van der Waals surface area contributed by atoms with E-state index in [4.69, 9.17) is 28.6 Å². The Hall–Kier alpha value is -3.48. The SMILES string of the molecule is COc1cc(/C=C2/C(=O)NC(=S)N(c3ccccc3)C2=O)cc(Cl)c1Cc1cc(C)cc(C)c1. The summed E-state index contributed by atoms with van der Waals surface area (Å²) < 4.78 is 5.62. The van der Waals surface area contributed by atoms with Gasteiger partial charge in [0.25, 0.3) is 11.8 Å². The Morgan fingerprint density at radius 1 is 1.03 bits per heavy atom. The number of nitrogens with zero attached hydrogens (tertiary/aromatic N) is 1. The third kappa shape index (κ3) is 4.88. The van der Waals surface area contributed by atoms with Crippen LogP contribution in [-0.2, 0) is 16.0 Å². The molecule has 0 radical (unpaired) electrons. The lowest BCUT2D eigenvalue weighted by Crippen LogP contribution is -2.54. The summed E-state index contributed by atoms with van der Waals surface area (Å²) in [5.41, 5.74) is 5.41. The molecule has 2 amide bonds. The summed E-state index contributed by atoms with van der Waals surface area (Å²) in [6, 6.07) is 18.8. The van der Waals surface area contributed by atoms with Crippen LogP contribution in [0, 0.1) is 13.8 Å². The van der Waals surface area contributed by atoms with Crippen molar-refractivity contribution in [3.63, 3.8) is 0 Å². The van der Waals surface area contributed by atoms with Crippen LogP contribution in [0.5, 0.6) is 5.75 Å². The molecule has 1 fully saturated rings. The standard InChI is InChI=1S/C27H23ClN2O3S/c1-16-9-17(2)11-18(10-16)12-21-23(28)14-19(15-24(21)33-3)13-22-25(31)29-27(34)30(26(22)32)20-7-5-4-6-8-20/h4-11,13-15H,12H2,1-3H3,(H,29,31,34)/b22-13-. The Bertz CT molecular complexity index is 1310. The number of hydrogen-bond donors (Lipinski definition) is 1. The molecule has 172 valence electrons. The summed E-state index contributed by atoms with van der Waals surface area (Å²) in [5, 5.41) is 3.12. The fourth-order valence-electron chi connectivity index (χ4n) is 4.08. The van der Waals surface area contributed by atoms with Crippen molar-refractivity contribution < 1.29 is 14.3 Å². The first-order valence-electron chi connectivity index (χ1n) is 10.7. The number of amides is 2. The van der Waals surface area contributed by atoms with Crippen molar-refractivity contribution in [2.75, 3.05) is 12.0 Å². The molecule has 0 aliphatic carbocycles. The number of para-hydroxylation sites is 1. The zero-order valence-electron chi connectivity index (χ0n) is 19.0. The number of ether oxygens (including phenoxy) is 1. The average Bonchev–Trinajstić information content (AvgIpc) is 2.78. The molecule has 1 saturated heterocycles. The molecule has 1 aliphatic rings. The first kappa shape index (κ1) is 23.7. The largest absolute Gasteiger partial charge is 0.496 e. The summed E-state index contributed by atoms with van der Waals surface area (Å²) in [7, 11) is 1.57. The first-order chi connectivity index (χ1) is 16.3. The second-order valence-electron chi connectivity index (χ2n) is 8.15. The molecule has 5 nitrogen and oxygen atoms in total. The Morgan fingerprint density at radius 2 is 1.71 bits per heavy atom. The van der Waals surface area contributed by atoms with E-state index in [1.807, 2.05) is 6.07 Å². The summed E-state index contributed by atoms with van der Waals surface area (Å²) >= 11 is 11.9. The number of carbonyl (C=O) groups excluding carboxylic acids is 2. The van der Waals surface area contributed by atoms with Crippen LogP contribution >= 0.6 is 23.8 Å². The maximum Gasteiger partial charge on any atom is 0.270 e. The van der Waals surface area contributed by atoms with Crippen molar-refractivity contribution in [2.24, 2.45) is 0 Å². The molecular formula is C27H23ClN2O3S. The van der Waals surface area contributed by atoms with Crippen LogP contribution in [0.25, 0.3) is 6.08 Å². The van der Waals surface area contributed by atoms with Gasteiger partial charge in [0.15, 0.2) is 5.11 Å². The van der Waals surface area contributed by atoms with E-state index < -0.39 is 11.8 Å². The van der Waals surface area contributed by atoms with E-state index in [9.17, 15) is 9.59 Å². The number of benzene rings is 3. The fourth-order valence-corrected chi connectivity index (χ4v) is 4.65. The van der Waals surface area contributed by atoms with Gasteiger partial charge in [0, 0.05) is 17.0 Å². The third-order valence-corrected chi connectivity index (χ3v) is 6.11. The Labute approximate surface area is 209 Å². The van der Waals surface area contributed by atoms with Crippen LogP contribution in [0.1, 0.15) is 27.8 Å². The maximum absolute atomic E-state index is 13.2. The molecule has 0 atom stereocenters. The number of hydrogen-bond acceptors (Lipinski definition) is 4. The molecule has 1 heterocycles. The van der Waals surface area contributed by atoms with Gasteiger partial charge in [-0.05, 0) is 67.5 Å². The molecule has 0 unspecified atom stereocenters. The number of aryl methyl sites for hydroxylation is 2. The Morgan fingerprint density at radius 3 is 2.35 bits per heavy atom. The second kappa shape index (κ2) is 9.79. The lowest BCUT2D eigenvalue weighted by Gasteiger charge is -2.28. The van der Waals surface area contributed by atoms with Gasteiger partial charge in [-0.3, -0.25) is 19.8 Å². The summed E-state index contributed by atoms with van der Waals surface area (Å²) in [5.74, 6) is -0.483. The highest BCUT2D eigenvalue weighted by atomic mass is 35.5. The van der Waals surface area contributed by atoms with Crippen LogP contribution in [0.4, 0.5) is 5.69 Å². The molecule has 0 bridgehead atoms. The molecule has 1 aliphatic heterocycles. The monoisotopic (exact) mass is 490 g/mol. The van der Waals surface area contributed by atoms with Gasteiger partial charge in [0.05, 0.1) is 12.8 Å². The average molecular weight is 491 g/mol. The summed E-state index contributed by atoms with van der Waals surface area (Å²) in [6.45, 7) is 4.11. The molecule has 0 saturated carbocycles. The minimum absolute atomic E-state index is 0.0396. The number of anilines is 1. The topological polar surface area (TPSA) is 58.6 Å². The Balaban J connectivity index is 1.70. The van der Waals surface area contributed by atoms with Gasteiger partial charge in [-0.15, -0.1) is 0 Å². The van der Waals surface area contributed by atoms with E-state index in [1.54, 1.807) is 43.5 Å². The van der Waals surface area contributed by atoms with Crippen LogP contribution in [-0.4, -0.2) is 24.0 Å². The first-order valence-corrected chi connectivity index (χ1v) is 11.5. The van der Waals surface area contributed by atoms with Gasteiger partial charge in [-0.25, -0.2) is 0 Å². The van der Waals surface area contributed by atoms with Gasteiger partial charge in [0.1, 0.15) is 11.3 Å². The molecule has 3 aromatic carbocycles. The Kier molecular flexibility index (Phi) is 6.82. The van der Waals surface area contributed by atoms with Crippen molar-refractivity contribution >= 4 is 52.5 Å². The number of rotatable bonds is 5. The number of thiocarbonyl (C=S) groups is 1. The predicted octanol–water partition coefficient (Wildman–Crippen LogP) is 5.39. The third-order valence-electron chi connectivity index (χ3n) is 5.49. The maximum atomic E-state index is 13.2. The van der Waals surface area contributed by atoms with E-state index in [0.29, 0.717) is 28.4 Å². The van der Waals surface area contributed by atoms with Gasteiger partial charge in [-0.1, -0.05) is 59.1 Å². The normalized spacial score (nSPS) is 15.0. The highest BCUT2D eigenvalue weighted by Crippen LogP contribution is 2.32. The molecule has 1 N–H and O–H groups in total. The minimum atomic E-state index is -0.559. The quantitative estimate of drug-likeness (QED) is 0.296. The lowest BCUT2D eigenvalue weighted by molar-refractivity contribution is -0.122. The van der Waals surface area contributed by atoms with Gasteiger partial charge in [0.2, 0.25) is 0 Å². The number of halogens is 1. The predicted molar refractivity (Wildman–Crippen MR) is 139 cm³/mol. The zero-order chi connectivity index (χ0) is 24.4. The second-order valence-corrected chi connectivity index (χ2v) is 8.94. The number of carbonyl (C=O) groups is 2. The van der Waals surface area contributed by atoms with Crippen molar-refractivity contribution in [3.05, 3.63) is 99.1 Å². The fraction of sp³-hybridized carbons (Fsp3) is 0.148. The summed E-state index contributed by atoms with van der Waals surface area (Å²) in [6.07, 6.45) is 2.10. The molecule has 0 spiro atoms. The van der Waals surface area contributed by atoms with Gasteiger partial charge in [-0.2, -0.15) is 0 Å². The van der Waals surface area contributed by atoms with Crippen LogP contribution in [0.3, 0.4) is 0 Å². The van der Waals surface area contributed by atoms with E-state index in [2.05, 4.69) is 37.4 Å². The highest BCUT2D eigenvalue weighted by molar-refractivity contribution is 7.80. The summed E-state index contributed by atoms with van der Waals surface area (Å²) in [4.78, 5) is 27.1. The van der Waals surface area contributed by atoms with Crippen molar-refractivity contribution in [2.45, 2.75) is 20.3 Å². The van der Waals surface area contributed by atoms with E-state index in [-0.39, 0.29) is 10.7 Å². The van der Waals surface area contributed by atoms with Crippen molar-refractivity contribution in [1.29, 1.82) is 0 Å². The zero-order valence-corrected chi connectivity index (χ0v) is 20.6. The van der Waals surface area contributed by atoms with Crippen LogP contribution in [0.2, 0.25) is 5.02 Å². The number of methoxy groups -OCH3 is 1. The van der Waals surface area contributed by atoms with Gasteiger partial charge >= 0.3 is 0 Å². The number of nitrogens with one attached hydrogen (secondary N) is 1. The molecule has 34 heavy (non-hydrogen) atoms. The van der Waals surface area contributed by atoms with Gasteiger partial charge < -0.3 is 4.74 Å². The molecule has 4 rings (SSSR count). The lowest BCUT2D eigenvalue weighted by atomic mass is 9.98. The van der Waals surface area contributed by atoms with Crippen LogP contribution in [0.15, 0.2) is 66.2 Å². The minimum Gasteiger partial charge on any atom is -0.496 e. The van der Waals surface area contributed by atoms with Crippen molar-refractivity contribution in [3.8, 4) is 5.75 Å². The van der Waals surface area contributed by atoms with Crippen LogP contribution < -0.4 is 15.0 Å². The molecule has 0 aromatic heterocycles. The smallest absolute Gasteiger partial charge is 0.270 e. The molecular weight excluding hydrogens is 468 g/mol. The van der Waals surface area contributed by atoms with E-state index in [0.717, 1.165) is 11.1 Å². The van der Waals surface area contributed by atoms with E-state index in [1.165, 1.54) is 22.1 Å².